The number of nitrogens with zero attached hydrogens (tertiary/aromatic N) is 2. The fraction of sp³-hybridized carbons (Fsp3) is 0.571. The Balaban J connectivity index is 4.81. The van der Waals surface area contributed by atoms with Crippen LogP contribution in [0.5, 0.6) is 0 Å². The van der Waals surface area contributed by atoms with E-state index in [-0.39, 0.29) is 39.0 Å². The van der Waals surface area contributed by atoms with Gasteiger partial charge < -0.3 is 9.80 Å². The molecule has 0 radical (unpaired) electrons. The fourth-order valence-electron chi connectivity index (χ4n) is 2.04. The maximum Gasteiger partial charge on any atom is 0.264 e. The standard InChI is InChI=1S/C14H24N2O8S2/c1-3-13(17)15(7-5-11-25(19,20)21)9-10-16(14(18)4-2)8-6-12-26(22,23)24/h3-4H,1-2,5-12H2,(H,19,20,21)(H,22,23,24). The highest BCUT2D eigenvalue weighted by Gasteiger charge is 2.17. The number of hydrogen-bond acceptors (Lipinski definition) is 6. The molecule has 0 spiro atoms. The van der Waals surface area contributed by atoms with Crippen LogP contribution in [0.15, 0.2) is 25.3 Å². The quantitative estimate of drug-likeness (QED) is 0.306. The lowest BCUT2D eigenvalue weighted by molar-refractivity contribution is -0.129. The summed E-state index contributed by atoms with van der Waals surface area (Å²) in [6, 6.07) is 0. The normalized spacial score (nSPS) is 11.6. The summed E-state index contributed by atoms with van der Waals surface area (Å²) in [5.41, 5.74) is 0. The first-order valence-electron chi connectivity index (χ1n) is 7.62. The summed E-state index contributed by atoms with van der Waals surface area (Å²) in [7, 11) is -8.30. The number of carbonyl (C=O) groups is 2. The summed E-state index contributed by atoms with van der Waals surface area (Å²) in [4.78, 5) is 26.2. The van der Waals surface area contributed by atoms with Gasteiger partial charge in [0.05, 0.1) is 11.5 Å². The van der Waals surface area contributed by atoms with Crippen LogP contribution in [0.3, 0.4) is 0 Å². The van der Waals surface area contributed by atoms with Gasteiger partial charge in [0.1, 0.15) is 0 Å². The van der Waals surface area contributed by atoms with Gasteiger partial charge >= 0.3 is 0 Å². The molecule has 0 aromatic carbocycles. The molecular weight excluding hydrogens is 388 g/mol. The average Bonchev–Trinajstić information content (AvgIpc) is 2.52. The Labute approximate surface area is 153 Å². The predicted molar refractivity (Wildman–Crippen MR) is 95.6 cm³/mol. The van der Waals surface area contributed by atoms with Crippen molar-refractivity contribution in [3.05, 3.63) is 25.3 Å². The summed E-state index contributed by atoms with van der Waals surface area (Å²) in [6.45, 7) is 6.81. The van der Waals surface area contributed by atoms with Crippen LogP contribution in [0.1, 0.15) is 12.8 Å². The second-order valence-electron chi connectivity index (χ2n) is 5.34. The third-order valence-electron chi connectivity index (χ3n) is 3.27. The fourth-order valence-corrected chi connectivity index (χ4v) is 3.03. The molecule has 0 aromatic heterocycles. The van der Waals surface area contributed by atoms with Crippen LogP contribution in [0.25, 0.3) is 0 Å². The molecule has 2 amide bonds. The molecule has 0 bridgehead atoms. The van der Waals surface area contributed by atoms with Gasteiger partial charge in [-0.3, -0.25) is 18.7 Å². The van der Waals surface area contributed by atoms with Gasteiger partial charge in [0.25, 0.3) is 20.2 Å². The SMILES string of the molecule is C=CC(=O)N(CCCS(=O)(=O)O)CCN(CCCS(=O)(=O)O)C(=O)C=C. The van der Waals surface area contributed by atoms with Crippen molar-refractivity contribution < 1.29 is 35.5 Å². The van der Waals surface area contributed by atoms with Crippen LogP contribution in [0.4, 0.5) is 0 Å². The van der Waals surface area contributed by atoms with E-state index in [0.29, 0.717) is 0 Å². The van der Waals surface area contributed by atoms with Crippen molar-refractivity contribution in [1.82, 2.24) is 9.80 Å². The van der Waals surface area contributed by atoms with E-state index in [9.17, 15) is 26.4 Å². The number of rotatable bonds is 13. The van der Waals surface area contributed by atoms with Crippen LogP contribution >= 0.6 is 0 Å². The van der Waals surface area contributed by atoms with Gasteiger partial charge in [0.2, 0.25) is 11.8 Å². The molecule has 0 heterocycles. The number of carbonyl (C=O) groups excluding carboxylic acids is 2. The first kappa shape index (κ1) is 24.2. The highest BCUT2D eigenvalue weighted by Crippen LogP contribution is 2.01. The van der Waals surface area contributed by atoms with E-state index < -0.39 is 43.6 Å². The van der Waals surface area contributed by atoms with E-state index in [0.717, 1.165) is 12.2 Å². The van der Waals surface area contributed by atoms with E-state index in [1.165, 1.54) is 9.80 Å². The molecule has 0 unspecified atom stereocenters. The minimum Gasteiger partial charge on any atom is -0.337 e. The van der Waals surface area contributed by atoms with Crippen LogP contribution in [-0.2, 0) is 29.8 Å². The Bertz CT molecular complexity index is 653. The Hall–Kier alpha value is -1.76. The summed E-state index contributed by atoms with van der Waals surface area (Å²) in [5.74, 6) is -2.00. The largest absolute Gasteiger partial charge is 0.337 e. The van der Waals surface area contributed by atoms with Gasteiger partial charge in [0.15, 0.2) is 0 Å². The molecule has 2 N–H and O–H groups in total. The Morgan fingerprint density at radius 2 is 1.04 bits per heavy atom. The van der Waals surface area contributed by atoms with E-state index in [1.54, 1.807) is 0 Å². The summed E-state index contributed by atoms with van der Waals surface area (Å²) >= 11 is 0. The van der Waals surface area contributed by atoms with Crippen molar-refractivity contribution in [3.8, 4) is 0 Å². The first-order valence-corrected chi connectivity index (χ1v) is 10.8. The molecule has 0 rings (SSSR count). The predicted octanol–water partition coefficient (Wildman–Crippen LogP) is -0.429. The van der Waals surface area contributed by atoms with Gasteiger partial charge in [-0.2, -0.15) is 16.8 Å². The van der Waals surface area contributed by atoms with E-state index in [4.69, 9.17) is 9.11 Å². The van der Waals surface area contributed by atoms with Crippen LogP contribution < -0.4 is 0 Å². The molecule has 0 fully saturated rings. The zero-order valence-corrected chi connectivity index (χ0v) is 15.9. The van der Waals surface area contributed by atoms with Crippen molar-refractivity contribution in [2.24, 2.45) is 0 Å². The highest BCUT2D eigenvalue weighted by atomic mass is 32.2. The first-order chi connectivity index (χ1) is 11.9. The zero-order valence-electron chi connectivity index (χ0n) is 14.3. The van der Waals surface area contributed by atoms with E-state index in [2.05, 4.69) is 13.2 Å². The van der Waals surface area contributed by atoms with Crippen molar-refractivity contribution in [2.75, 3.05) is 37.7 Å². The van der Waals surface area contributed by atoms with E-state index in [1.807, 2.05) is 0 Å². The monoisotopic (exact) mass is 412 g/mol. The zero-order chi connectivity index (χ0) is 20.4. The second-order valence-corrected chi connectivity index (χ2v) is 8.48. The van der Waals surface area contributed by atoms with Crippen molar-refractivity contribution in [3.63, 3.8) is 0 Å². The lowest BCUT2D eigenvalue weighted by atomic mass is 10.3. The maximum absolute atomic E-state index is 11.8. The number of hydrogen-bond donors (Lipinski definition) is 2. The lowest BCUT2D eigenvalue weighted by Gasteiger charge is -2.26. The molecule has 0 aromatic rings. The maximum atomic E-state index is 11.8. The van der Waals surface area contributed by atoms with Gasteiger partial charge in [-0.25, -0.2) is 0 Å². The molecule has 26 heavy (non-hydrogen) atoms. The molecule has 0 aliphatic heterocycles. The minimum absolute atomic E-state index is 0.00340. The Morgan fingerprint density at radius 3 is 1.27 bits per heavy atom. The lowest BCUT2D eigenvalue weighted by Crippen LogP contribution is -2.41. The van der Waals surface area contributed by atoms with Crippen molar-refractivity contribution >= 4 is 32.1 Å². The summed E-state index contributed by atoms with van der Waals surface area (Å²) in [5, 5.41) is 0. The van der Waals surface area contributed by atoms with Crippen LogP contribution in [-0.4, -0.2) is 85.2 Å². The van der Waals surface area contributed by atoms with Gasteiger partial charge in [-0.1, -0.05) is 13.2 Å². The minimum atomic E-state index is -4.15. The topological polar surface area (TPSA) is 149 Å². The molecule has 0 saturated carbocycles. The van der Waals surface area contributed by atoms with Gasteiger partial charge in [0, 0.05) is 26.2 Å². The molecule has 0 aliphatic carbocycles. The number of amides is 2. The average molecular weight is 412 g/mol. The summed E-state index contributed by atoms with van der Waals surface area (Å²) in [6.07, 6.45) is 2.06. The van der Waals surface area contributed by atoms with Crippen molar-refractivity contribution in [1.29, 1.82) is 0 Å². The molecule has 0 aliphatic rings. The van der Waals surface area contributed by atoms with Crippen molar-refractivity contribution in [2.45, 2.75) is 12.8 Å². The third-order valence-corrected chi connectivity index (χ3v) is 4.88. The molecular formula is C14H24N2O8S2. The highest BCUT2D eigenvalue weighted by molar-refractivity contribution is 7.86. The molecule has 0 atom stereocenters. The molecule has 10 nitrogen and oxygen atoms in total. The second kappa shape index (κ2) is 11.1. The van der Waals surface area contributed by atoms with Gasteiger partial charge in [-0.05, 0) is 25.0 Å². The summed E-state index contributed by atoms with van der Waals surface area (Å²) < 4.78 is 60.4. The van der Waals surface area contributed by atoms with Crippen LogP contribution in [0, 0.1) is 0 Å². The third kappa shape index (κ3) is 11.7. The van der Waals surface area contributed by atoms with Gasteiger partial charge in [-0.15, -0.1) is 0 Å². The van der Waals surface area contributed by atoms with E-state index >= 15 is 0 Å². The Kier molecular flexibility index (Phi) is 10.3. The smallest absolute Gasteiger partial charge is 0.264 e. The molecule has 150 valence electrons. The Morgan fingerprint density at radius 1 is 0.731 bits per heavy atom. The molecule has 12 heteroatoms. The molecule has 0 saturated heterocycles. The van der Waals surface area contributed by atoms with Crippen LogP contribution in [0.2, 0.25) is 0 Å².